The van der Waals surface area contributed by atoms with E-state index in [1.807, 2.05) is 0 Å². The molecule has 1 saturated carbocycles. The zero-order valence-corrected chi connectivity index (χ0v) is 17.3. The van der Waals surface area contributed by atoms with Crippen molar-refractivity contribution < 1.29 is 26.3 Å². The normalized spacial score (nSPS) is 23.4. The summed E-state index contributed by atoms with van der Waals surface area (Å²) in [6, 6.07) is 6.35. The van der Waals surface area contributed by atoms with Crippen LogP contribution in [0.3, 0.4) is 0 Å². The summed E-state index contributed by atoms with van der Waals surface area (Å²) in [7, 11) is 0. The SMILES string of the molecule is Cl.FC(F)(F)c1ccc([C@]23C[C@H]2CN(CCCCc2nccc(C(F)(F)F)n2)C3)cc1. The fraction of sp³-hybridized carbons (Fsp3) is 0.524. The largest absolute Gasteiger partial charge is 0.433 e. The van der Waals surface area contributed by atoms with Crippen LogP contribution < -0.4 is 0 Å². The number of alkyl halides is 6. The first-order chi connectivity index (χ1) is 14.1. The Balaban J connectivity index is 0.00000272. The van der Waals surface area contributed by atoms with Gasteiger partial charge in [-0.05, 0) is 55.5 Å². The molecule has 170 valence electrons. The highest BCUT2D eigenvalue weighted by Gasteiger charge is 2.60. The lowest BCUT2D eigenvalue weighted by Gasteiger charge is -2.21. The quantitative estimate of drug-likeness (QED) is 0.415. The van der Waals surface area contributed by atoms with Crippen molar-refractivity contribution in [1.82, 2.24) is 14.9 Å². The highest BCUT2D eigenvalue weighted by atomic mass is 35.5. The Bertz CT molecular complexity index is 899. The standard InChI is InChI=1S/C21H21F6N3.ClH/c22-20(23,24)15-6-4-14(5-7-15)19-11-16(19)12-30(13-19)10-2-1-3-18-28-9-8-17(29-18)21(25,26)27;/h4-9,16H,1-3,10-13H2;1H/t16-,19+;/m0./s1. The molecular weight excluding hydrogens is 444 g/mol. The second-order valence-corrected chi connectivity index (χ2v) is 8.18. The molecule has 31 heavy (non-hydrogen) atoms. The van der Waals surface area contributed by atoms with E-state index in [-0.39, 0.29) is 23.6 Å². The van der Waals surface area contributed by atoms with Gasteiger partial charge >= 0.3 is 12.4 Å². The molecular formula is C21H22ClF6N3. The van der Waals surface area contributed by atoms with E-state index >= 15 is 0 Å². The predicted molar refractivity (Wildman–Crippen MR) is 105 cm³/mol. The van der Waals surface area contributed by atoms with Gasteiger partial charge in [0.15, 0.2) is 0 Å². The van der Waals surface area contributed by atoms with Crippen molar-refractivity contribution in [3.63, 3.8) is 0 Å². The molecule has 1 saturated heterocycles. The summed E-state index contributed by atoms with van der Waals surface area (Å²) in [4.78, 5) is 9.78. The lowest BCUT2D eigenvalue weighted by Crippen LogP contribution is -2.27. The minimum atomic E-state index is -4.47. The van der Waals surface area contributed by atoms with Gasteiger partial charge in [0.05, 0.1) is 5.56 Å². The first kappa shape index (κ1) is 23.8. The summed E-state index contributed by atoms with van der Waals surface area (Å²) in [5.74, 6) is 0.649. The van der Waals surface area contributed by atoms with Crippen molar-refractivity contribution in [3.8, 4) is 0 Å². The van der Waals surface area contributed by atoms with E-state index in [0.29, 0.717) is 18.8 Å². The average Bonchev–Trinajstić information content (AvgIpc) is 3.26. The highest BCUT2D eigenvalue weighted by Crippen LogP contribution is 2.59. The first-order valence-electron chi connectivity index (χ1n) is 9.87. The number of aromatic nitrogens is 2. The van der Waals surface area contributed by atoms with Gasteiger partial charge in [-0.2, -0.15) is 26.3 Å². The number of hydrogen-bond donors (Lipinski definition) is 0. The summed E-state index contributed by atoms with van der Waals surface area (Å²) >= 11 is 0. The number of nitrogens with zero attached hydrogens (tertiary/aromatic N) is 3. The van der Waals surface area contributed by atoms with E-state index in [9.17, 15) is 26.3 Å². The summed E-state index contributed by atoms with van der Waals surface area (Å²) in [6.45, 7) is 2.52. The third-order valence-electron chi connectivity index (χ3n) is 6.12. The molecule has 2 aliphatic rings. The lowest BCUT2D eigenvalue weighted by molar-refractivity contribution is -0.141. The van der Waals surface area contributed by atoms with Gasteiger partial charge in [0.1, 0.15) is 11.5 Å². The van der Waals surface area contributed by atoms with Crippen LogP contribution in [0.2, 0.25) is 0 Å². The number of likely N-dealkylation sites (tertiary alicyclic amines) is 1. The van der Waals surface area contributed by atoms with Crippen LogP contribution in [0.5, 0.6) is 0 Å². The van der Waals surface area contributed by atoms with Gasteiger partial charge in [-0.3, -0.25) is 0 Å². The highest BCUT2D eigenvalue weighted by molar-refractivity contribution is 5.85. The average molecular weight is 466 g/mol. The van der Waals surface area contributed by atoms with Gasteiger partial charge in [0.2, 0.25) is 0 Å². The number of aryl methyl sites for hydroxylation is 1. The van der Waals surface area contributed by atoms with Crippen LogP contribution in [-0.2, 0) is 24.2 Å². The second kappa shape index (κ2) is 8.58. The van der Waals surface area contributed by atoms with Gasteiger partial charge < -0.3 is 4.90 Å². The van der Waals surface area contributed by atoms with E-state index in [4.69, 9.17) is 0 Å². The van der Waals surface area contributed by atoms with Crippen LogP contribution in [-0.4, -0.2) is 34.5 Å². The number of unbranched alkanes of at least 4 members (excludes halogenated alkanes) is 1. The Kier molecular flexibility index (Phi) is 6.58. The molecule has 1 aliphatic heterocycles. The molecule has 2 atom stereocenters. The summed E-state index contributed by atoms with van der Waals surface area (Å²) in [5, 5.41) is 0. The van der Waals surface area contributed by atoms with Gasteiger partial charge in [0.25, 0.3) is 0 Å². The first-order valence-corrected chi connectivity index (χ1v) is 9.87. The third kappa shape index (κ3) is 5.14. The maximum absolute atomic E-state index is 12.8. The molecule has 0 radical (unpaired) electrons. The molecule has 2 heterocycles. The number of fused-ring (bicyclic) bond motifs is 1. The number of benzene rings is 1. The topological polar surface area (TPSA) is 29.0 Å². The van der Waals surface area contributed by atoms with Crippen LogP contribution in [0.15, 0.2) is 36.5 Å². The molecule has 0 bridgehead atoms. The molecule has 0 N–H and O–H groups in total. The molecule has 1 aromatic carbocycles. The fourth-order valence-electron chi connectivity index (χ4n) is 4.49. The van der Waals surface area contributed by atoms with Gasteiger partial charge in [-0.1, -0.05) is 12.1 Å². The Morgan fingerprint density at radius 1 is 0.968 bits per heavy atom. The molecule has 1 aromatic heterocycles. The molecule has 10 heteroatoms. The molecule has 1 aliphatic carbocycles. The van der Waals surface area contributed by atoms with Crippen LogP contribution >= 0.6 is 12.4 Å². The third-order valence-corrected chi connectivity index (χ3v) is 6.12. The van der Waals surface area contributed by atoms with Crippen molar-refractivity contribution in [2.45, 2.75) is 43.5 Å². The van der Waals surface area contributed by atoms with Gasteiger partial charge in [0, 0.05) is 31.1 Å². The van der Waals surface area contributed by atoms with E-state index < -0.39 is 23.6 Å². The Hall–Kier alpha value is -1.87. The smallest absolute Gasteiger partial charge is 0.302 e. The molecule has 2 fully saturated rings. The van der Waals surface area contributed by atoms with E-state index in [2.05, 4.69) is 14.9 Å². The van der Waals surface area contributed by atoms with Gasteiger partial charge in [-0.25, -0.2) is 9.97 Å². The maximum Gasteiger partial charge on any atom is 0.433 e. The molecule has 0 amide bonds. The van der Waals surface area contributed by atoms with E-state index in [0.717, 1.165) is 62.4 Å². The molecule has 0 unspecified atom stereocenters. The van der Waals surface area contributed by atoms with Crippen LogP contribution in [0.4, 0.5) is 26.3 Å². The van der Waals surface area contributed by atoms with Crippen LogP contribution in [0.25, 0.3) is 0 Å². The Morgan fingerprint density at radius 3 is 2.32 bits per heavy atom. The summed E-state index contributed by atoms with van der Waals surface area (Å²) in [6.07, 6.45) is -4.82. The number of hydrogen-bond acceptors (Lipinski definition) is 3. The van der Waals surface area contributed by atoms with Crippen molar-refractivity contribution in [3.05, 3.63) is 59.2 Å². The minimum Gasteiger partial charge on any atom is -0.302 e. The predicted octanol–water partition coefficient (Wildman–Crippen LogP) is 5.53. The molecule has 4 rings (SSSR count). The second-order valence-electron chi connectivity index (χ2n) is 8.18. The molecule has 0 spiro atoms. The lowest BCUT2D eigenvalue weighted by atomic mass is 9.94. The zero-order valence-electron chi connectivity index (χ0n) is 16.5. The van der Waals surface area contributed by atoms with Crippen molar-refractivity contribution in [2.24, 2.45) is 5.92 Å². The maximum atomic E-state index is 12.8. The number of rotatable bonds is 6. The minimum absolute atomic E-state index is 0. The van der Waals surface area contributed by atoms with Gasteiger partial charge in [-0.15, -0.1) is 12.4 Å². The fourth-order valence-corrected chi connectivity index (χ4v) is 4.49. The Labute approximate surface area is 182 Å². The molecule has 2 aromatic rings. The van der Waals surface area contributed by atoms with Crippen molar-refractivity contribution >= 4 is 12.4 Å². The van der Waals surface area contributed by atoms with E-state index in [1.54, 1.807) is 12.1 Å². The number of piperidine rings is 1. The summed E-state index contributed by atoms with van der Waals surface area (Å²) < 4.78 is 76.4. The van der Waals surface area contributed by atoms with Crippen LogP contribution in [0, 0.1) is 5.92 Å². The summed E-state index contributed by atoms with van der Waals surface area (Å²) in [5.41, 5.74) is -0.647. The number of halogens is 7. The molecule has 3 nitrogen and oxygen atoms in total. The van der Waals surface area contributed by atoms with E-state index in [1.165, 1.54) is 0 Å². The van der Waals surface area contributed by atoms with Crippen LogP contribution in [0.1, 0.15) is 41.9 Å². The van der Waals surface area contributed by atoms with Crippen molar-refractivity contribution in [1.29, 1.82) is 0 Å². The Morgan fingerprint density at radius 2 is 1.68 bits per heavy atom. The zero-order chi connectivity index (χ0) is 21.6. The monoisotopic (exact) mass is 465 g/mol. The van der Waals surface area contributed by atoms with Crippen molar-refractivity contribution in [2.75, 3.05) is 19.6 Å².